The second-order valence-corrected chi connectivity index (χ2v) is 3.95. The summed E-state index contributed by atoms with van der Waals surface area (Å²) in [5.41, 5.74) is 9.73. The predicted molar refractivity (Wildman–Crippen MR) is 65.7 cm³/mol. The number of aromatic amines is 3. The van der Waals surface area contributed by atoms with Crippen molar-refractivity contribution in [2.75, 3.05) is 5.73 Å². The number of anilines is 1. The molecule has 0 saturated heterocycles. The summed E-state index contributed by atoms with van der Waals surface area (Å²) in [4.78, 5) is 16.6. The Morgan fingerprint density at radius 3 is 2.71 bits per heavy atom. The largest absolute Gasteiger partial charge is 0.382 e. The topological polar surface area (TPSA) is 103 Å². The van der Waals surface area contributed by atoms with E-state index in [1.165, 1.54) is 0 Å². The molecule has 0 bridgehead atoms. The quantitative estimate of drug-likeness (QED) is 0.503. The van der Waals surface area contributed by atoms with Crippen LogP contribution in [-0.4, -0.2) is 20.2 Å². The first-order valence-corrected chi connectivity index (χ1v) is 5.18. The Bertz CT molecular complexity index is 749. The number of H-pyrrole nitrogens is 3. The fraction of sp³-hybridized carbons (Fsp3) is 0.0909. The minimum Gasteiger partial charge on any atom is -0.382 e. The molecule has 2 aromatic heterocycles. The second kappa shape index (κ2) is 3.24. The Kier molecular flexibility index (Phi) is 1.85. The number of rotatable bonds is 1. The maximum Gasteiger partial charge on any atom is 0.323 e. The summed E-state index contributed by atoms with van der Waals surface area (Å²) < 4.78 is 0. The molecular formula is C11H11N5O. The van der Waals surface area contributed by atoms with Crippen molar-refractivity contribution < 1.29 is 0 Å². The normalized spacial score (nSPS) is 11.1. The number of nitrogens with one attached hydrogen (secondary N) is 3. The minimum atomic E-state index is -0.210. The van der Waals surface area contributed by atoms with Crippen LogP contribution in [0.4, 0.5) is 5.82 Å². The summed E-state index contributed by atoms with van der Waals surface area (Å²) >= 11 is 0. The van der Waals surface area contributed by atoms with Crippen LogP contribution >= 0.6 is 0 Å². The van der Waals surface area contributed by atoms with Crippen molar-refractivity contribution >= 4 is 16.9 Å². The molecule has 0 fully saturated rings. The van der Waals surface area contributed by atoms with Gasteiger partial charge in [-0.2, -0.15) is 5.10 Å². The van der Waals surface area contributed by atoms with Crippen molar-refractivity contribution in [1.29, 1.82) is 0 Å². The lowest BCUT2D eigenvalue weighted by atomic mass is 10.1. The molecule has 0 aliphatic carbocycles. The number of nitrogens with two attached hydrogens (primary N) is 1. The molecule has 17 heavy (non-hydrogen) atoms. The minimum absolute atomic E-state index is 0.210. The maximum absolute atomic E-state index is 11.2. The molecule has 86 valence electrons. The van der Waals surface area contributed by atoms with Gasteiger partial charge < -0.3 is 15.7 Å². The van der Waals surface area contributed by atoms with Crippen molar-refractivity contribution in [1.82, 2.24) is 20.2 Å². The number of aromatic nitrogens is 4. The summed E-state index contributed by atoms with van der Waals surface area (Å²) in [7, 11) is 0. The highest BCUT2D eigenvalue weighted by molar-refractivity contribution is 5.81. The molecule has 3 aromatic rings. The van der Waals surface area contributed by atoms with Crippen LogP contribution in [0.2, 0.25) is 0 Å². The molecule has 0 saturated carbocycles. The first-order chi connectivity index (χ1) is 8.15. The second-order valence-electron chi connectivity index (χ2n) is 3.95. The first kappa shape index (κ1) is 9.71. The van der Waals surface area contributed by atoms with Crippen LogP contribution in [0.1, 0.15) is 5.56 Å². The molecule has 0 radical (unpaired) electrons. The van der Waals surface area contributed by atoms with Crippen LogP contribution in [0.5, 0.6) is 0 Å². The zero-order valence-electron chi connectivity index (χ0n) is 9.16. The van der Waals surface area contributed by atoms with Crippen molar-refractivity contribution in [3.63, 3.8) is 0 Å². The number of imidazole rings is 1. The van der Waals surface area contributed by atoms with E-state index < -0.39 is 0 Å². The zero-order valence-corrected chi connectivity index (χ0v) is 9.16. The molecule has 0 unspecified atom stereocenters. The van der Waals surface area contributed by atoms with Gasteiger partial charge in [0.05, 0.1) is 16.7 Å². The van der Waals surface area contributed by atoms with Crippen molar-refractivity contribution in [2.45, 2.75) is 6.92 Å². The summed E-state index contributed by atoms with van der Waals surface area (Å²) in [5, 5.41) is 6.84. The maximum atomic E-state index is 11.2. The van der Waals surface area contributed by atoms with Gasteiger partial charge in [-0.15, -0.1) is 0 Å². The monoisotopic (exact) mass is 229 g/mol. The van der Waals surface area contributed by atoms with Crippen LogP contribution in [0.3, 0.4) is 0 Å². The highest BCUT2D eigenvalue weighted by Gasteiger charge is 2.09. The third-order valence-corrected chi connectivity index (χ3v) is 2.85. The van der Waals surface area contributed by atoms with E-state index in [1.54, 1.807) is 0 Å². The number of fused-ring (bicyclic) bond motifs is 1. The Morgan fingerprint density at radius 2 is 2.00 bits per heavy atom. The third-order valence-electron chi connectivity index (χ3n) is 2.85. The summed E-state index contributed by atoms with van der Waals surface area (Å²) in [6.45, 7) is 1.90. The van der Waals surface area contributed by atoms with Gasteiger partial charge in [-0.3, -0.25) is 5.10 Å². The van der Waals surface area contributed by atoms with Gasteiger partial charge >= 0.3 is 5.69 Å². The van der Waals surface area contributed by atoms with Crippen LogP contribution < -0.4 is 11.4 Å². The number of hydrogen-bond acceptors (Lipinski definition) is 3. The van der Waals surface area contributed by atoms with E-state index in [2.05, 4.69) is 20.2 Å². The molecule has 0 atom stereocenters. The van der Waals surface area contributed by atoms with E-state index in [0.29, 0.717) is 5.82 Å². The summed E-state index contributed by atoms with van der Waals surface area (Å²) in [5.74, 6) is 0.489. The zero-order chi connectivity index (χ0) is 12.0. The van der Waals surface area contributed by atoms with Gasteiger partial charge in [0.1, 0.15) is 5.82 Å². The van der Waals surface area contributed by atoms with Crippen molar-refractivity contribution in [3.05, 3.63) is 34.2 Å². The fourth-order valence-electron chi connectivity index (χ4n) is 1.88. The van der Waals surface area contributed by atoms with Gasteiger partial charge in [-0.05, 0) is 19.1 Å². The number of benzene rings is 1. The average Bonchev–Trinajstić information content (AvgIpc) is 2.81. The first-order valence-electron chi connectivity index (χ1n) is 5.18. The van der Waals surface area contributed by atoms with Gasteiger partial charge in [0.15, 0.2) is 0 Å². The van der Waals surface area contributed by atoms with Crippen LogP contribution in [-0.2, 0) is 0 Å². The van der Waals surface area contributed by atoms with E-state index in [0.717, 1.165) is 27.9 Å². The van der Waals surface area contributed by atoms with E-state index in [4.69, 9.17) is 5.73 Å². The van der Waals surface area contributed by atoms with Gasteiger partial charge in [0.25, 0.3) is 0 Å². The lowest BCUT2D eigenvalue weighted by Crippen LogP contribution is -1.99. The molecule has 0 spiro atoms. The van der Waals surface area contributed by atoms with Crippen molar-refractivity contribution in [2.24, 2.45) is 0 Å². The third kappa shape index (κ3) is 1.42. The van der Waals surface area contributed by atoms with Gasteiger partial charge in [0.2, 0.25) is 0 Å². The van der Waals surface area contributed by atoms with Gasteiger partial charge in [0, 0.05) is 11.1 Å². The lowest BCUT2D eigenvalue weighted by molar-refractivity contribution is 1.10. The van der Waals surface area contributed by atoms with Gasteiger partial charge in [-0.25, -0.2) is 4.79 Å². The average molecular weight is 229 g/mol. The van der Waals surface area contributed by atoms with Crippen LogP contribution in [0, 0.1) is 6.92 Å². The Hall–Kier alpha value is -2.50. The Labute approximate surface area is 95.9 Å². The summed E-state index contributed by atoms with van der Waals surface area (Å²) in [6, 6.07) is 5.64. The SMILES string of the molecule is Cc1c(N)n[nH]c1-c1ccc2[nH]c(=O)[nH]c2c1. The number of nitrogens with zero attached hydrogens (tertiary/aromatic N) is 1. The standard InChI is InChI=1S/C11H11N5O/c1-5-9(15-16-10(5)12)6-2-3-7-8(4-6)14-11(17)13-7/h2-4H,1H3,(H3,12,15,16)(H2,13,14,17). The van der Waals surface area contributed by atoms with E-state index in [-0.39, 0.29) is 5.69 Å². The Morgan fingerprint density at radius 1 is 1.24 bits per heavy atom. The number of nitrogen functional groups attached to an aromatic ring is 1. The van der Waals surface area contributed by atoms with Crippen LogP contribution in [0.25, 0.3) is 22.3 Å². The Balaban J connectivity index is 2.24. The summed E-state index contributed by atoms with van der Waals surface area (Å²) in [6.07, 6.45) is 0. The van der Waals surface area contributed by atoms with Gasteiger partial charge in [-0.1, -0.05) is 6.07 Å². The molecule has 1 aromatic carbocycles. The molecule has 2 heterocycles. The molecule has 6 nitrogen and oxygen atoms in total. The fourth-order valence-corrected chi connectivity index (χ4v) is 1.88. The van der Waals surface area contributed by atoms with E-state index in [1.807, 2.05) is 25.1 Å². The van der Waals surface area contributed by atoms with Crippen LogP contribution in [0.15, 0.2) is 23.0 Å². The highest BCUT2D eigenvalue weighted by atomic mass is 16.1. The molecule has 3 rings (SSSR count). The highest BCUT2D eigenvalue weighted by Crippen LogP contribution is 2.25. The molecule has 0 aliphatic heterocycles. The van der Waals surface area contributed by atoms with E-state index >= 15 is 0 Å². The molecule has 0 aliphatic rings. The molecule has 6 heteroatoms. The molecule has 0 amide bonds. The number of hydrogen-bond donors (Lipinski definition) is 4. The predicted octanol–water partition coefficient (Wildman–Crippen LogP) is 1.14. The van der Waals surface area contributed by atoms with E-state index in [9.17, 15) is 4.79 Å². The molecule has 5 N–H and O–H groups in total. The smallest absolute Gasteiger partial charge is 0.323 e. The lowest BCUT2D eigenvalue weighted by Gasteiger charge is -1.99. The van der Waals surface area contributed by atoms with Crippen molar-refractivity contribution in [3.8, 4) is 11.3 Å². The molecular weight excluding hydrogens is 218 g/mol.